The van der Waals surface area contributed by atoms with E-state index in [1.54, 1.807) is 25.5 Å². The smallest absolute Gasteiger partial charge is 0.268 e. The lowest BCUT2D eigenvalue weighted by molar-refractivity contribution is -0.128. The minimum atomic E-state index is -1.03. The van der Waals surface area contributed by atoms with E-state index in [-0.39, 0.29) is 5.91 Å². The predicted octanol–water partition coefficient (Wildman–Crippen LogP) is 3.54. The molecule has 0 saturated heterocycles. The van der Waals surface area contributed by atoms with Crippen LogP contribution in [-0.2, 0) is 11.2 Å². The zero-order chi connectivity index (χ0) is 19.7. The maximum absolute atomic E-state index is 13.0. The second-order valence-electron chi connectivity index (χ2n) is 7.29. The van der Waals surface area contributed by atoms with Crippen molar-refractivity contribution in [2.24, 2.45) is 0 Å². The monoisotopic (exact) mass is 374 g/mol. The second-order valence-corrected chi connectivity index (χ2v) is 7.29. The number of carbonyl (C=O) groups is 1. The quantitative estimate of drug-likeness (QED) is 0.757. The summed E-state index contributed by atoms with van der Waals surface area (Å²) < 4.78 is 6.01. The van der Waals surface area contributed by atoms with Gasteiger partial charge in [-0.3, -0.25) is 9.78 Å². The summed E-state index contributed by atoms with van der Waals surface area (Å²) >= 11 is 0. The molecule has 3 aromatic rings. The molecule has 0 fully saturated rings. The third kappa shape index (κ3) is 3.29. The summed E-state index contributed by atoms with van der Waals surface area (Å²) in [6.45, 7) is 1.80. The predicted molar refractivity (Wildman–Crippen MR) is 110 cm³/mol. The Morgan fingerprint density at radius 1 is 1.18 bits per heavy atom. The van der Waals surface area contributed by atoms with Gasteiger partial charge in [-0.2, -0.15) is 0 Å². The van der Waals surface area contributed by atoms with E-state index in [4.69, 9.17) is 4.74 Å². The molecule has 1 atom stereocenters. The first-order valence-corrected chi connectivity index (χ1v) is 9.12. The number of amides is 1. The summed E-state index contributed by atoms with van der Waals surface area (Å²) in [5.74, 6) is 0.305. The van der Waals surface area contributed by atoms with Crippen molar-refractivity contribution in [1.29, 1.82) is 0 Å². The highest BCUT2D eigenvalue weighted by Crippen LogP contribution is 2.39. The lowest BCUT2D eigenvalue weighted by atomic mass is 9.93. The molecule has 1 unspecified atom stereocenters. The first-order valence-electron chi connectivity index (χ1n) is 9.12. The van der Waals surface area contributed by atoms with Crippen molar-refractivity contribution < 1.29 is 9.53 Å². The molecule has 1 aliphatic rings. The van der Waals surface area contributed by atoms with E-state index in [2.05, 4.69) is 15.3 Å². The minimum absolute atomic E-state index is 0.196. The Kier molecular flexibility index (Phi) is 4.47. The highest BCUT2D eigenvalue weighted by Gasteiger charge is 2.43. The lowest BCUT2D eigenvalue weighted by Crippen LogP contribution is -2.44. The number of nitrogens with zero attached hydrogens (tertiary/aromatic N) is 3. The lowest BCUT2D eigenvalue weighted by Gasteiger charge is -2.23. The molecule has 1 aliphatic heterocycles. The Balaban J connectivity index is 1.59. The molecule has 0 spiro atoms. The van der Waals surface area contributed by atoms with Crippen LogP contribution in [0.2, 0.25) is 0 Å². The minimum Gasteiger partial charge on any atom is -0.461 e. The number of carbonyl (C=O) groups excluding carboxylic acids is 1. The van der Waals surface area contributed by atoms with Gasteiger partial charge in [0.25, 0.3) is 5.91 Å². The number of anilines is 2. The van der Waals surface area contributed by atoms with Gasteiger partial charge in [-0.15, -0.1) is 0 Å². The summed E-state index contributed by atoms with van der Waals surface area (Å²) in [6.07, 6.45) is 5.68. The third-order valence-corrected chi connectivity index (χ3v) is 4.93. The van der Waals surface area contributed by atoms with Crippen LogP contribution in [0.4, 0.5) is 11.4 Å². The second kappa shape index (κ2) is 6.96. The summed E-state index contributed by atoms with van der Waals surface area (Å²) in [7, 11) is 3.93. The van der Waals surface area contributed by atoms with E-state index in [1.807, 2.05) is 61.5 Å². The summed E-state index contributed by atoms with van der Waals surface area (Å²) in [6, 6.07) is 13.5. The summed E-state index contributed by atoms with van der Waals surface area (Å²) in [5.41, 5.74) is 3.62. The summed E-state index contributed by atoms with van der Waals surface area (Å²) in [5, 5.41) is 2.98. The number of ether oxygens (including phenoxy) is 1. The van der Waals surface area contributed by atoms with E-state index in [1.165, 1.54) is 0 Å². The van der Waals surface area contributed by atoms with Crippen molar-refractivity contribution >= 4 is 17.3 Å². The Morgan fingerprint density at radius 3 is 2.79 bits per heavy atom. The molecule has 0 bridgehead atoms. The number of nitrogens with one attached hydrogen (secondary N) is 1. The van der Waals surface area contributed by atoms with Crippen LogP contribution >= 0.6 is 0 Å². The number of benzene rings is 1. The van der Waals surface area contributed by atoms with Crippen LogP contribution in [0.5, 0.6) is 5.88 Å². The Bertz CT molecular complexity index is 1020. The average molecular weight is 374 g/mol. The van der Waals surface area contributed by atoms with Gasteiger partial charge >= 0.3 is 0 Å². The molecule has 1 amide bonds. The van der Waals surface area contributed by atoms with Gasteiger partial charge in [0, 0.05) is 61.6 Å². The molecule has 3 heterocycles. The molecule has 0 saturated carbocycles. The molecule has 28 heavy (non-hydrogen) atoms. The van der Waals surface area contributed by atoms with Crippen LogP contribution in [0.1, 0.15) is 12.5 Å². The van der Waals surface area contributed by atoms with Gasteiger partial charge in [0.15, 0.2) is 5.60 Å². The number of fused-ring (bicyclic) bond motifs is 1. The van der Waals surface area contributed by atoms with Gasteiger partial charge < -0.3 is 15.0 Å². The first-order chi connectivity index (χ1) is 13.5. The van der Waals surface area contributed by atoms with Crippen molar-refractivity contribution in [1.82, 2.24) is 9.97 Å². The molecule has 0 radical (unpaired) electrons. The molecule has 6 nitrogen and oxygen atoms in total. The molecule has 6 heteroatoms. The molecular formula is C22H22N4O2. The number of rotatable bonds is 4. The van der Waals surface area contributed by atoms with Gasteiger partial charge in [0.2, 0.25) is 5.88 Å². The molecule has 1 N–H and O–H groups in total. The fourth-order valence-electron chi connectivity index (χ4n) is 3.36. The van der Waals surface area contributed by atoms with Crippen molar-refractivity contribution in [2.75, 3.05) is 24.3 Å². The third-order valence-electron chi connectivity index (χ3n) is 4.93. The van der Waals surface area contributed by atoms with Crippen molar-refractivity contribution in [3.05, 3.63) is 66.6 Å². The Morgan fingerprint density at radius 2 is 2.04 bits per heavy atom. The van der Waals surface area contributed by atoms with E-state index in [0.717, 1.165) is 28.1 Å². The van der Waals surface area contributed by atoms with E-state index >= 15 is 0 Å². The van der Waals surface area contributed by atoms with Gasteiger partial charge in [-0.05, 0) is 42.8 Å². The van der Waals surface area contributed by atoms with Crippen LogP contribution in [0.3, 0.4) is 0 Å². The largest absolute Gasteiger partial charge is 0.461 e. The fourth-order valence-corrected chi connectivity index (χ4v) is 3.36. The van der Waals surface area contributed by atoms with Crippen molar-refractivity contribution in [3.63, 3.8) is 0 Å². The van der Waals surface area contributed by atoms with Gasteiger partial charge in [0.05, 0.1) is 0 Å². The van der Waals surface area contributed by atoms with Crippen LogP contribution in [-0.4, -0.2) is 35.6 Å². The topological polar surface area (TPSA) is 67.4 Å². The normalized spacial score (nSPS) is 17.5. The van der Waals surface area contributed by atoms with Crippen LogP contribution in [0.25, 0.3) is 11.1 Å². The Hall–Kier alpha value is -3.41. The molecule has 142 valence electrons. The Labute approximate surface area is 164 Å². The van der Waals surface area contributed by atoms with E-state index in [9.17, 15) is 4.79 Å². The van der Waals surface area contributed by atoms with Crippen molar-refractivity contribution in [2.45, 2.75) is 18.9 Å². The van der Waals surface area contributed by atoms with Crippen LogP contribution < -0.4 is 15.0 Å². The maximum atomic E-state index is 13.0. The molecule has 0 aliphatic carbocycles. The molecule has 1 aromatic carbocycles. The number of hydrogen-bond donors (Lipinski definition) is 1. The zero-order valence-corrected chi connectivity index (χ0v) is 16.1. The maximum Gasteiger partial charge on any atom is 0.268 e. The average Bonchev–Trinajstić information content (AvgIpc) is 3.06. The van der Waals surface area contributed by atoms with E-state index in [0.29, 0.717) is 12.3 Å². The molecular weight excluding hydrogens is 352 g/mol. The highest BCUT2D eigenvalue weighted by molar-refractivity contribution is 5.98. The van der Waals surface area contributed by atoms with Crippen molar-refractivity contribution in [3.8, 4) is 17.0 Å². The van der Waals surface area contributed by atoms with Gasteiger partial charge in [-0.1, -0.05) is 12.1 Å². The number of pyridine rings is 2. The van der Waals surface area contributed by atoms with E-state index < -0.39 is 5.60 Å². The SMILES string of the molecule is CN(C)c1cccc(NC(=O)C2(C)Cc3c(-c4cccnc4)ccnc3O2)c1. The standard InChI is InChI=1S/C22H22N4O2/c1-22(21(27)25-16-7-4-8-17(12-16)26(2)3)13-19-18(9-11-24-20(19)28-22)15-6-5-10-23-14-15/h4-12,14H,13H2,1-3H3,(H,25,27). The van der Waals surface area contributed by atoms with Gasteiger partial charge in [0.1, 0.15) is 0 Å². The number of aromatic nitrogens is 2. The van der Waals surface area contributed by atoms with Crippen LogP contribution in [0, 0.1) is 0 Å². The highest BCUT2D eigenvalue weighted by atomic mass is 16.5. The van der Waals surface area contributed by atoms with Gasteiger partial charge in [-0.25, -0.2) is 4.98 Å². The first kappa shape index (κ1) is 18.0. The fraction of sp³-hybridized carbons (Fsp3) is 0.227. The number of hydrogen-bond acceptors (Lipinski definition) is 5. The van der Waals surface area contributed by atoms with Crippen LogP contribution in [0.15, 0.2) is 61.1 Å². The molecule has 2 aromatic heterocycles. The zero-order valence-electron chi connectivity index (χ0n) is 16.1. The summed E-state index contributed by atoms with van der Waals surface area (Å²) in [4.78, 5) is 23.6. The molecule has 4 rings (SSSR count).